The molecule has 22 heavy (non-hydrogen) atoms. The number of pyridine rings is 1. The van der Waals surface area contributed by atoms with Gasteiger partial charge in [-0.3, -0.25) is 4.98 Å². The van der Waals surface area contributed by atoms with E-state index >= 15 is 0 Å². The Kier molecular flexibility index (Phi) is 3.75. The van der Waals surface area contributed by atoms with Crippen LogP contribution in [0, 0.1) is 6.92 Å². The minimum atomic E-state index is -3.61. The van der Waals surface area contributed by atoms with E-state index in [9.17, 15) is 13.2 Å². The molecule has 1 aliphatic heterocycles. The average Bonchev–Trinajstić information content (AvgIpc) is 2.90. The predicted molar refractivity (Wildman–Crippen MR) is 81.6 cm³/mol. The lowest BCUT2D eigenvalue weighted by Gasteiger charge is -2.26. The normalized spacial score (nSPS) is 15.5. The highest BCUT2D eigenvalue weighted by atomic mass is 32.2. The number of carbonyl (C=O) groups is 1. The number of carboxylic acids is 1. The standard InChI is InChI=1S/C14H14N2O4S2/c1-9-4-10(6-15-5-9)22(19,20)16-3-2-11-12(14(17)18)8-21-13(11)7-16/h4-6,8H,2-3,7H2,1H3,(H,17,18). The second-order valence-electron chi connectivity index (χ2n) is 5.14. The first-order valence-electron chi connectivity index (χ1n) is 6.64. The van der Waals surface area contributed by atoms with Gasteiger partial charge in [-0.05, 0) is 30.5 Å². The van der Waals surface area contributed by atoms with Gasteiger partial charge < -0.3 is 5.11 Å². The Morgan fingerprint density at radius 3 is 2.86 bits per heavy atom. The van der Waals surface area contributed by atoms with Crippen molar-refractivity contribution in [3.05, 3.63) is 45.4 Å². The molecule has 0 aliphatic carbocycles. The van der Waals surface area contributed by atoms with Crippen LogP contribution in [0.5, 0.6) is 0 Å². The van der Waals surface area contributed by atoms with Gasteiger partial charge in [0.1, 0.15) is 4.90 Å². The smallest absolute Gasteiger partial charge is 0.336 e. The molecule has 2 aromatic rings. The lowest BCUT2D eigenvalue weighted by Crippen LogP contribution is -2.35. The first-order chi connectivity index (χ1) is 10.4. The zero-order chi connectivity index (χ0) is 15.9. The summed E-state index contributed by atoms with van der Waals surface area (Å²) < 4.78 is 26.7. The second-order valence-corrected chi connectivity index (χ2v) is 8.04. The van der Waals surface area contributed by atoms with E-state index < -0.39 is 16.0 Å². The number of fused-ring (bicyclic) bond motifs is 1. The summed E-state index contributed by atoms with van der Waals surface area (Å²) in [7, 11) is -3.61. The number of aromatic nitrogens is 1. The van der Waals surface area contributed by atoms with Crippen molar-refractivity contribution in [3.63, 3.8) is 0 Å². The maximum Gasteiger partial charge on any atom is 0.336 e. The Morgan fingerprint density at radius 1 is 1.41 bits per heavy atom. The number of sulfonamides is 1. The number of hydrogen-bond acceptors (Lipinski definition) is 5. The van der Waals surface area contributed by atoms with Gasteiger partial charge in [-0.25, -0.2) is 13.2 Å². The van der Waals surface area contributed by atoms with Crippen LogP contribution in [-0.2, 0) is 23.0 Å². The van der Waals surface area contributed by atoms with Gasteiger partial charge in [-0.15, -0.1) is 11.3 Å². The summed E-state index contributed by atoms with van der Waals surface area (Å²) in [6.45, 7) is 2.28. The molecule has 8 heteroatoms. The number of thiophene rings is 1. The zero-order valence-electron chi connectivity index (χ0n) is 11.8. The summed E-state index contributed by atoms with van der Waals surface area (Å²) in [5, 5.41) is 10.7. The van der Waals surface area contributed by atoms with Crippen molar-refractivity contribution in [1.82, 2.24) is 9.29 Å². The Hall–Kier alpha value is -1.77. The van der Waals surface area contributed by atoms with Gasteiger partial charge in [0.05, 0.1) is 5.56 Å². The molecule has 6 nitrogen and oxygen atoms in total. The molecular weight excluding hydrogens is 324 g/mol. The van der Waals surface area contributed by atoms with Crippen molar-refractivity contribution in [3.8, 4) is 0 Å². The molecular formula is C14H14N2O4S2. The minimum absolute atomic E-state index is 0.172. The Labute approximate surface area is 132 Å². The van der Waals surface area contributed by atoms with Crippen LogP contribution >= 0.6 is 11.3 Å². The molecule has 0 spiro atoms. The number of hydrogen-bond donors (Lipinski definition) is 1. The molecule has 0 unspecified atom stereocenters. The van der Waals surface area contributed by atoms with Crippen LogP contribution in [0.3, 0.4) is 0 Å². The van der Waals surface area contributed by atoms with E-state index in [1.807, 2.05) is 0 Å². The van der Waals surface area contributed by atoms with Crippen LogP contribution in [0.2, 0.25) is 0 Å². The summed E-state index contributed by atoms with van der Waals surface area (Å²) in [5.41, 5.74) is 1.82. The Balaban J connectivity index is 1.93. The molecule has 0 amide bonds. The molecule has 0 saturated carbocycles. The highest BCUT2D eigenvalue weighted by Crippen LogP contribution is 2.31. The molecule has 0 radical (unpaired) electrons. The third-order valence-electron chi connectivity index (χ3n) is 3.63. The van der Waals surface area contributed by atoms with Gasteiger partial charge in [0.2, 0.25) is 10.0 Å². The van der Waals surface area contributed by atoms with Crippen LogP contribution in [0.15, 0.2) is 28.7 Å². The van der Waals surface area contributed by atoms with Gasteiger partial charge >= 0.3 is 5.97 Å². The van der Waals surface area contributed by atoms with E-state index in [2.05, 4.69) is 4.98 Å². The summed E-state index contributed by atoms with van der Waals surface area (Å²) in [6, 6.07) is 1.59. The minimum Gasteiger partial charge on any atom is -0.478 e. The summed E-state index contributed by atoms with van der Waals surface area (Å²) in [5.74, 6) is -0.961. The van der Waals surface area contributed by atoms with Gasteiger partial charge in [0.25, 0.3) is 0 Å². The van der Waals surface area contributed by atoms with E-state index in [0.717, 1.165) is 16.0 Å². The molecule has 116 valence electrons. The molecule has 2 aromatic heterocycles. The Bertz CT molecular complexity index is 842. The molecule has 0 saturated heterocycles. The molecule has 1 aliphatic rings. The van der Waals surface area contributed by atoms with Crippen LogP contribution < -0.4 is 0 Å². The predicted octanol–water partition coefficient (Wildman–Crippen LogP) is 1.90. The van der Waals surface area contributed by atoms with Crippen LogP contribution in [0.25, 0.3) is 0 Å². The third kappa shape index (κ3) is 2.53. The van der Waals surface area contributed by atoms with Crippen molar-refractivity contribution in [2.24, 2.45) is 0 Å². The number of carboxylic acid groups (broad SMARTS) is 1. The van der Waals surface area contributed by atoms with Gasteiger partial charge in [0.15, 0.2) is 0 Å². The summed E-state index contributed by atoms with van der Waals surface area (Å²) in [6.07, 6.45) is 3.36. The molecule has 1 N–H and O–H groups in total. The van der Waals surface area contributed by atoms with Crippen molar-refractivity contribution in [2.45, 2.75) is 24.8 Å². The first-order valence-corrected chi connectivity index (χ1v) is 8.96. The summed E-state index contributed by atoms with van der Waals surface area (Å²) >= 11 is 1.30. The van der Waals surface area contributed by atoms with E-state index in [4.69, 9.17) is 5.11 Å². The van der Waals surface area contributed by atoms with Gasteiger partial charge in [0, 0.05) is 35.7 Å². The fraction of sp³-hybridized carbons (Fsp3) is 0.286. The van der Waals surface area contributed by atoms with Crippen LogP contribution in [-0.4, -0.2) is 35.3 Å². The quantitative estimate of drug-likeness (QED) is 0.923. The first kappa shape index (κ1) is 15.1. The number of nitrogens with zero attached hydrogens (tertiary/aromatic N) is 2. The van der Waals surface area contributed by atoms with Crippen LogP contribution in [0.4, 0.5) is 0 Å². The maximum absolute atomic E-state index is 12.7. The van der Waals surface area contributed by atoms with E-state index in [0.29, 0.717) is 6.42 Å². The monoisotopic (exact) mass is 338 g/mol. The topological polar surface area (TPSA) is 87.6 Å². The molecule has 0 bridgehead atoms. The van der Waals surface area contributed by atoms with Crippen LogP contribution in [0.1, 0.15) is 26.4 Å². The number of rotatable bonds is 3. The molecule has 0 fully saturated rings. The largest absolute Gasteiger partial charge is 0.478 e. The highest BCUT2D eigenvalue weighted by molar-refractivity contribution is 7.89. The molecule has 0 aromatic carbocycles. The van der Waals surface area contributed by atoms with Crippen molar-refractivity contribution < 1.29 is 18.3 Å². The fourth-order valence-corrected chi connectivity index (χ4v) is 5.13. The number of aryl methyl sites for hydroxylation is 1. The zero-order valence-corrected chi connectivity index (χ0v) is 13.4. The van der Waals surface area contributed by atoms with Crippen molar-refractivity contribution in [2.75, 3.05) is 6.54 Å². The van der Waals surface area contributed by atoms with Crippen molar-refractivity contribution >= 4 is 27.3 Å². The Morgan fingerprint density at radius 2 is 2.18 bits per heavy atom. The highest BCUT2D eigenvalue weighted by Gasteiger charge is 2.31. The fourth-order valence-electron chi connectivity index (χ4n) is 2.51. The van der Waals surface area contributed by atoms with Gasteiger partial charge in [-0.1, -0.05) is 0 Å². The second kappa shape index (κ2) is 5.45. The molecule has 3 heterocycles. The third-order valence-corrected chi connectivity index (χ3v) is 6.45. The maximum atomic E-state index is 12.7. The molecule has 0 atom stereocenters. The van der Waals surface area contributed by atoms with E-state index in [-0.39, 0.29) is 23.5 Å². The van der Waals surface area contributed by atoms with Gasteiger partial charge in [-0.2, -0.15) is 4.31 Å². The van der Waals surface area contributed by atoms with E-state index in [1.165, 1.54) is 21.8 Å². The SMILES string of the molecule is Cc1cncc(S(=O)(=O)N2CCc3c(C(=O)O)csc3C2)c1. The number of aromatic carboxylic acids is 1. The van der Waals surface area contributed by atoms with Crippen molar-refractivity contribution in [1.29, 1.82) is 0 Å². The summed E-state index contributed by atoms with van der Waals surface area (Å²) in [4.78, 5) is 16.0. The van der Waals surface area contributed by atoms with E-state index in [1.54, 1.807) is 24.6 Å². The lowest BCUT2D eigenvalue weighted by molar-refractivity contribution is 0.0696. The average molecular weight is 338 g/mol. The molecule has 3 rings (SSSR count). The lowest BCUT2D eigenvalue weighted by atomic mass is 10.1.